The highest BCUT2D eigenvalue weighted by Crippen LogP contribution is 2.18. The van der Waals surface area contributed by atoms with Crippen molar-refractivity contribution in [2.24, 2.45) is 0 Å². The summed E-state index contributed by atoms with van der Waals surface area (Å²) in [6.07, 6.45) is -2.92. The molecule has 0 spiro atoms. The van der Waals surface area contributed by atoms with E-state index < -0.39 is 42.6 Å². The summed E-state index contributed by atoms with van der Waals surface area (Å²) in [4.78, 5) is 25.5. The Kier molecular flexibility index (Phi) is 6.95. The molecule has 2 aromatic rings. The highest BCUT2D eigenvalue weighted by molar-refractivity contribution is 5.77. The number of fused-ring (bicyclic) bond motifs is 1. The Morgan fingerprint density at radius 3 is 1.96 bits per heavy atom. The van der Waals surface area contributed by atoms with Crippen LogP contribution < -0.4 is 11.1 Å². The predicted octanol–water partition coefficient (Wildman–Crippen LogP) is -0.179. The third kappa shape index (κ3) is 4.41. The second kappa shape index (κ2) is 8.83. The molecule has 0 saturated carbocycles. The fourth-order valence-electron chi connectivity index (χ4n) is 2.96. The number of aliphatic hydroxyl groups excluding tert-OH is 4. The van der Waals surface area contributed by atoms with Gasteiger partial charge in [-0.25, -0.2) is 0 Å². The summed E-state index contributed by atoms with van der Waals surface area (Å²) in [5.41, 5.74) is 2.26. The molecule has 154 valence electrons. The van der Waals surface area contributed by atoms with E-state index in [1.54, 1.807) is 6.07 Å². The SMILES string of the molecule is CC(C)=CCn1c(=O)c(=O)n(CC(O)C(O)C(O)CO)c2cc(C)c(C)cc21. The molecule has 1 aromatic heterocycles. The summed E-state index contributed by atoms with van der Waals surface area (Å²) in [5.74, 6) is 0. The fourth-order valence-corrected chi connectivity index (χ4v) is 2.96. The molecule has 8 nitrogen and oxygen atoms in total. The van der Waals surface area contributed by atoms with Crippen LogP contribution in [0.4, 0.5) is 0 Å². The summed E-state index contributed by atoms with van der Waals surface area (Å²) in [7, 11) is 0. The summed E-state index contributed by atoms with van der Waals surface area (Å²) in [5, 5.41) is 38.6. The lowest BCUT2D eigenvalue weighted by Gasteiger charge is -2.23. The maximum Gasteiger partial charge on any atom is 0.317 e. The maximum absolute atomic E-state index is 12.7. The third-order valence-corrected chi connectivity index (χ3v) is 4.87. The van der Waals surface area contributed by atoms with Crippen LogP contribution in [0, 0.1) is 13.8 Å². The van der Waals surface area contributed by atoms with E-state index in [0.717, 1.165) is 21.3 Å². The summed E-state index contributed by atoms with van der Waals surface area (Å²) in [6, 6.07) is 3.57. The molecule has 3 atom stereocenters. The van der Waals surface area contributed by atoms with Gasteiger partial charge in [-0.05, 0) is 51.0 Å². The van der Waals surface area contributed by atoms with Gasteiger partial charge in [-0.1, -0.05) is 11.6 Å². The molecule has 0 saturated heterocycles. The van der Waals surface area contributed by atoms with Crippen molar-refractivity contribution in [1.82, 2.24) is 9.13 Å². The number of nitrogens with zero attached hydrogens (tertiary/aromatic N) is 2. The van der Waals surface area contributed by atoms with Gasteiger partial charge in [0.2, 0.25) is 0 Å². The number of aromatic nitrogens is 2. The van der Waals surface area contributed by atoms with Gasteiger partial charge in [-0.15, -0.1) is 0 Å². The molecule has 1 heterocycles. The minimum absolute atomic E-state index is 0.241. The Morgan fingerprint density at radius 2 is 1.46 bits per heavy atom. The van der Waals surface area contributed by atoms with Gasteiger partial charge >= 0.3 is 11.1 Å². The van der Waals surface area contributed by atoms with Crippen LogP contribution in [0.5, 0.6) is 0 Å². The van der Waals surface area contributed by atoms with E-state index >= 15 is 0 Å². The molecule has 1 aromatic carbocycles. The van der Waals surface area contributed by atoms with Crippen molar-refractivity contribution >= 4 is 11.0 Å². The lowest BCUT2D eigenvalue weighted by Crippen LogP contribution is -2.47. The standard InChI is InChI=1S/C20H28N2O6/c1-11(2)5-6-21-14-7-12(3)13(4)8-15(14)22(20(28)19(21)27)9-16(24)18(26)17(25)10-23/h5,7-8,16-18,23-26H,6,9-10H2,1-4H3. The van der Waals surface area contributed by atoms with Crippen molar-refractivity contribution in [2.75, 3.05) is 6.61 Å². The van der Waals surface area contributed by atoms with E-state index in [1.165, 1.54) is 4.57 Å². The number of rotatable bonds is 7. The van der Waals surface area contributed by atoms with E-state index in [4.69, 9.17) is 5.11 Å². The minimum atomic E-state index is -1.66. The largest absolute Gasteiger partial charge is 0.394 e. The Bertz CT molecular complexity index is 1000. The van der Waals surface area contributed by atoms with Crippen LogP contribution in [-0.2, 0) is 13.1 Å². The van der Waals surface area contributed by atoms with Crippen LogP contribution in [0.25, 0.3) is 11.0 Å². The zero-order valence-corrected chi connectivity index (χ0v) is 16.6. The first-order chi connectivity index (χ1) is 13.1. The number of aliphatic hydroxyl groups is 4. The van der Waals surface area contributed by atoms with Crippen LogP contribution in [0.2, 0.25) is 0 Å². The predicted molar refractivity (Wildman–Crippen MR) is 106 cm³/mol. The van der Waals surface area contributed by atoms with Crippen molar-refractivity contribution in [3.63, 3.8) is 0 Å². The molecule has 0 aliphatic rings. The Labute approximate surface area is 162 Å². The Morgan fingerprint density at radius 1 is 0.964 bits per heavy atom. The molecule has 0 amide bonds. The molecule has 3 unspecified atom stereocenters. The van der Waals surface area contributed by atoms with E-state index in [0.29, 0.717) is 11.0 Å². The highest BCUT2D eigenvalue weighted by atomic mass is 16.4. The van der Waals surface area contributed by atoms with Gasteiger partial charge in [0.1, 0.15) is 18.3 Å². The second-order valence-electron chi connectivity index (χ2n) is 7.35. The topological polar surface area (TPSA) is 125 Å². The van der Waals surface area contributed by atoms with E-state index in [2.05, 4.69) is 0 Å². The van der Waals surface area contributed by atoms with Crippen molar-refractivity contribution in [1.29, 1.82) is 0 Å². The van der Waals surface area contributed by atoms with Crippen LogP contribution in [-0.4, -0.2) is 54.5 Å². The first kappa shape index (κ1) is 22.0. The molecule has 2 rings (SSSR count). The maximum atomic E-state index is 12.7. The number of allylic oxidation sites excluding steroid dienone is 2. The second-order valence-corrected chi connectivity index (χ2v) is 7.35. The summed E-state index contributed by atoms with van der Waals surface area (Å²) in [6.45, 7) is 6.67. The number of hydrogen-bond acceptors (Lipinski definition) is 6. The fraction of sp³-hybridized carbons (Fsp3) is 0.500. The number of hydrogen-bond donors (Lipinski definition) is 4. The average Bonchev–Trinajstić information content (AvgIpc) is 2.65. The van der Waals surface area contributed by atoms with Crippen molar-refractivity contribution in [2.45, 2.75) is 59.1 Å². The molecule has 0 fully saturated rings. The number of benzene rings is 1. The zero-order chi connectivity index (χ0) is 21.2. The molecular weight excluding hydrogens is 364 g/mol. The van der Waals surface area contributed by atoms with Crippen LogP contribution in [0.3, 0.4) is 0 Å². The molecule has 8 heteroatoms. The molecule has 0 bridgehead atoms. The number of aryl methyl sites for hydroxylation is 2. The molecular formula is C20H28N2O6. The quantitative estimate of drug-likeness (QED) is 0.383. The first-order valence-corrected chi connectivity index (χ1v) is 9.11. The molecule has 0 radical (unpaired) electrons. The third-order valence-electron chi connectivity index (χ3n) is 4.87. The van der Waals surface area contributed by atoms with E-state index in [-0.39, 0.29) is 6.54 Å². The summed E-state index contributed by atoms with van der Waals surface area (Å²) < 4.78 is 2.50. The van der Waals surface area contributed by atoms with Crippen molar-refractivity contribution < 1.29 is 20.4 Å². The van der Waals surface area contributed by atoms with Gasteiger partial charge < -0.3 is 20.4 Å². The van der Waals surface area contributed by atoms with Gasteiger partial charge in [0.15, 0.2) is 0 Å². The van der Waals surface area contributed by atoms with Gasteiger partial charge in [-0.3, -0.25) is 18.7 Å². The smallest absolute Gasteiger partial charge is 0.317 e. The van der Waals surface area contributed by atoms with Crippen LogP contribution >= 0.6 is 0 Å². The molecule has 0 aliphatic carbocycles. The van der Waals surface area contributed by atoms with E-state index in [1.807, 2.05) is 39.8 Å². The zero-order valence-electron chi connectivity index (χ0n) is 16.6. The molecule has 4 N–H and O–H groups in total. The lowest BCUT2D eigenvalue weighted by molar-refractivity contribution is -0.0805. The van der Waals surface area contributed by atoms with Crippen molar-refractivity contribution in [3.05, 3.63) is 55.6 Å². The monoisotopic (exact) mass is 392 g/mol. The van der Waals surface area contributed by atoms with Crippen LogP contribution in [0.15, 0.2) is 33.4 Å². The Hall–Kier alpha value is -2.26. The van der Waals surface area contributed by atoms with Gasteiger partial charge in [-0.2, -0.15) is 0 Å². The molecule has 0 aliphatic heterocycles. The Balaban J connectivity index is 2.70. The lowest BCUT2D eigenvalue weighted by atomic mass is 10.1. The van der Waals surface area contributed by atoms with Gasteiger partial charge in [0, 0.05) is 6.54 Å². The molecule has 28 heavy (non-hydrogen) atoms. The normalized spacial score (nSPS) is 14.7. The average molecular weight is 392 g/mol. The highest BCUT2D eigenvalue weighted by Gasteiger charge is 2.26. The minimum Gasteiger partial charge on any atom is -0.394 e. The summed E-state index contributed by atoms with van der Waals surface area (Å²) >= 11 is 0. The van der Waals surface area contributed by atoms with Gasteiger partial charge in [0.25, 0.3) is 0 Å². The van der Waals surface area contributed by atoms with E-state index in [9.17, 15) is 24.9 Å². The first-order valence-electron chi connectivity index (χ1n) is 9.11. The van der Waals surface area contributed by atoms with Crippen molar-refractivity contribution in [3.8, 4) is 0 Å². The van der Waals surface area contributed by atoms with Gasteiger partial charge in [0.05, 0.1) is 24.2 Å². The van der Waals surface area contributed by atoms with Crippen LogP contribution in [0.1, 0.15) is 25.0 Å².